The minimum atomic E-state index is -0.986. The van der Waals surface area contributed by atoms with E-state index in [1.807, 2.05) is 48.5 Å². The van der Waals surface area contributed by atoms with E-state index in [4.69, 9.17) is 9.72 Å². The molecule has 1 aliphatic carbocycles. The smallest absolute Gasteiger partial charge is 0.340 e. The SMILES string of the molecule is CN(C)C(=O)C(OC(=O)c1cc(C2CC2)nc2ccccc12)c1ccccc1. The molecule has 2 aromatic carbocycles. The van der Waals surface area contributed by atoms with Crippen molar-refractivity contribution in [2.24, 2.45) is 0 Å². The molecule has 28 heavy (non-hydrogen) atoms. The van der Waals surface area contributed by atoms with Gasteiger partial charge in [0, 0.05) is 36.7 Å². The van der Waals surface area contributed by atoms with Crippen LogP contribution in [-0.4, -0.2) is 35.9 Å². The molecule has 0 spiro atoms. The summed E-state index contributed by atoms with van der Waals surface area (Å²) in [6.45, 7) is 0. The van der Waals surface area contributed by atoms with Crippen molar-refractivity contribution in [2.75, 3.05) is 14.1 Å². The van der Waals surface area contributed by atoms with E-state index in [9.17, 15) is 9.59 Å². The molecule has 1 saturated carbocycles. The molecule has 1 aromatic heterocycles. The predicted octanol–water partition coefficient (Wildman–Crippen LogP) is 4.10. The Bertz CT molecular complexity index is 1030. The fourth-order valence-corrected chi connectivity index (χ4v) is 3.25. The number of fused-ring (bicyclic) bond motifs is 1. The summed E-state index contributed by atoms with van der Waals surface area (Å²) in [4.78, 5) is 32.0. The Kier molecular flexibility index (Phi) is 4.82. The number of likely N-dealkylation sites (N-methyl/N-ethyl adjacent to an activating group) is 1. The largest absolute Gasteiger partial charge is 0.444 e. The zero-order valence-corrected chi connectivity index (χ0v) is 16.0. The summed E-state index contributed by atoms with van der Waals surface area (Å²) in [6.07, 6.45) is 1.19. The highest BCUT2D eigenvalue weighted by Gasteiger charge is 2.30. The molecule has 0 saturated heterocycles. The Morgan fingerprint density at radius 1 is 1.04 bits per heavy atom. The molecule has 0 bridgehead atoms. The number of esters is 1. The van der Waals surface area contributed by atoms with E-state index in [0.29, 0.717) is 17.0 Å². The van der Waals surface area contributed by atoms with Crippen molar-refractivity contribution in [3.05, 3.63) is 77.5 Å². The molecule has 0 radical (unpaired) electrons. The van der Waals surface area contributed by atoms with Crippen LogP contribution in [0.3, 0.4) is 0 Å². The van der Waals surface area contributed by atoms with Gasteiger partial charge in [0.1, 0.15) is 0 Å². The lowest BCUT2D eigenvalue weighted by Crippen LogP contribution is -2.31. The number of pyridine rings is 1. The van der Waals surface area contributed by atoms with Crippen LogP contribution >= 0.6 is 0 Å². The van der Waals surface area contributed by atoms with E-state index in [2.05, 4.69) is 0 Å². The number of hydrogen-bond acceptors (Lipinski definition) is 4. The lowest BCUT2D eigenvalue weighted by Gasteiger charge is -2.21. The Morgan fingerprint density at radius 2 is 1.71 bits per heavy atom. The number of benzene rings is 2. The zero-order valence-electron chi connectivity index (χ0n) is 16.0. The molecule has 3 aromatic rings. The van der Waals surface area contributed by atoms with E-state index < -0.39 is 12.1 Å². The molecule has 1 unspecified atom stereocenters. The molecule has 1 amide bonds. The lowest BCUT2D eigenvalue weighted by molar-refractivity contribution is -0.138. The maximum absolute atomic E-state index is 13.1. The van der Waals surface area contributed by atoms with Gasteiger partial charge in [0.05, 0.1) is 11.1 Å². The Balaban J connectivity index is 1.72. The third kappa shape index (κ3) is 3.60. The molecule has 142 valence electrons. The van der Waals surface area contributed by atoms with Gasteiger partial charge in [-0.05, 0) is 25.0 Å². The van der Waals surface area contributed by atoms with Crippen molar-refractivity contribution in [1.29, 1.82) is 0 Å². The number of aromatic nitrogens is 1. The molecule has 1 aliphatic rings. The number of ether oxygens (including phenoxy) is 1. The number of nitrogens with zero attached hydrogens (tertiary/aromatic N) is 2. The first-order chi connectivity index (χ1) is 13.5. The Labute approximate surface area is 163 Å². The average molecular weight is 374 g/mol. The minimum Gasteiger partial charge on any atom is -0.444 e. The summed E-state index contributed by atoms with van der Waals surface area (Å²) in [6, 6.07) is 18.5. The maximum Gasteiger partial charge on any atom is 0.340 e. The summed E-state index contributed by atoms with van der Waals surface area (Å²) in [5, 5.41) is 0.737. The van der Waals surface area contributed by atoms with Gasteiger partial charge in [-0.25, -0.2) is 4.79 Å². The van der Waals surface area contributed by atoms with Gasteiger partial charge >= 0.3 is 5.97 Å². The van der Waals surface area contributed by atoms with Crippen LogP contribution in [0.2, 0.25) is 0 Å². The first kappa shape index (κ1) is 18.2. The van der Waals surface area contributed by atoms with Gasteiger partial charge in [-0.15, -0.1) is 0 Å². The van der Waals surface area contributed by atoms with Crippen LogP contribution in [0.5, 0.6) is 0 Å². The Morgan fingerprint density at radius 3 is 2.39 bits per heavy atom. The first-order valence-electron chi connectivity index (χ1n) is 9.41. The average Bonchev–Trinajstić information content (AvgIpc) is 3.56. The molecule has 1 heterocycles. The fraction of sp³-hybridized carbons (Fsp3) is 0.261. The van der Waals surface area contributed by atoms with Crippen LogP contribution in [-0.2, 0) is 9.53 Å². The second kappa shape index (κ2) is 7.43. The normalized spacial score (nSPS) is 14.5. The molecule has 5 heteroatoms. The second-order valence-corrected chi connectivity index (χ2v) is 7.31. The molecular weight excluding hydrogens is 352 g/mol. The molecule has 4 rings (SSSR count). The van der Waals surface area contributed by atoms with Crippen LogP contribution in [0.25, 0.3) is 10.9 Å². The van der Waals surface area contributed by atoms with Crippen LogP contribution in [0.1, 0.15) is 46.5 Å². The molecule has 5 nitrogen and oxygen atoms in total. The van der Waals surface area contributed by atoms with Gasteiger partial charge < -0.3 is 9.64 Å². The topological polar surface area (TPSA) is 59.5 Å². The number of carbonyl (C=O) groups excluding carboxylic acids is 2. The lowest BCUT2D eigenvalue weighted by atomic mass is 10.1. The standard InChI is InChI=1S/C23H22N2O3/c1-25(2)22(26)21(16-8-4-3-5-9-16)28-23(27)18-14-20(15-12-13-15)24-19-11-7-6-10-17(18)19/h3-11,14-15,21H,12-13H2,1-2H3. The predicted molar refractivity (Wildman–Crippen MR) is 107 cm³/mol. The van der Waals surface area contributed by atoms with Crippen molar-refractivity contribution < 1.29 is 14.3 Å². The van der Waals surface area contributed by atoms with Crippen LogP contribution in [0, 0.1) is 0 Å². The summed E-state index contributed by atoms with van der Waals surface area (Å²) in [5.74, 6) is -0.380. The summed E-state index contributed by atoms with van der Waals surface area (Å²) in [5.41, 5.74) is 2.80. The van der Waals surface area contributed by atoms with Gasteiger partial charge in [-0.2, -0.15) is 0 Å². The number of hydrogen-bond donors (Lipinski definition) is 0. The molecule has 1 atom stereocenters. The monoisotopic (exact) mass is 374 g/mol. The summed E-state index contributed by atoms with van der Waals surface area (Å²) >= 11 is 0. The van der Waals surface area contributed by atoms with Crippen LogP contribution in [0.15, 0.2) is 60.7 Å². The van der Waals surface area contributed by atoms with Crippen LogP contribution < -0.4 is 0 Å². The van der Waals surface area contributed by atoms with Crippen molar-refractivity contribution >= 4 is 22.8 Å². The zero-order chi connectivity index (χ0) is 19.7. The van der Waals surface area contributed by atoms with Gasteiger partial charge in [0.25, 0.3) is 5.91 Å². The van der Waals surface area contributed by atoms with Crippen molar-refractivity contribution in [2.45, 2.75) is 24.9 Å². The molecule has 0 aliphatic heterocycles. The summed E-state index contributed by atoms with van der Waals surface area (Å²) < 4.78 is 5.75. The van der Waals surface area contributed by atoms with Gasteiger partial charge in [-0.3, -0.25) is 9.78 Å². The quantitative estimate of drug-likeness (QED) is 0.631. The maximum atomic E-state index is 13.1. The molecular formula is C23H22N2O3. The minimum absolute atomic E-state index is 0.277. The van der Waals surface area contributed by atoms with Gasteiger partial charge in [0.2, 0.25) is 6.10 Å². The number of rotatable bonds is 5. The third-order valence-corrected chi connectivity index (χ3v) is 4.94. The highest BCUT2D eigenvalue weighted by molar-refractivity contribution is 6.04. The van der Waals surface area contributed by atoms with Gasteiger partial charge in [0.15, 0.2) is 0 Å². The van der Waals surface area contributed by atoms with E-state index in [0.717, 1.165) is 29.4 Å². The third-order valence-electron chi connectivity index (χ3n) is 4.94. The number of carbonyl (C=O) groups is 2. The number of amides is 1. The molecule has 0 N–H and O–H groups in total. The van der Waals surface area contributed by atoms with E-state index >= 15 is 0 Å². The fourth-order valence-electron chi connectivity index (χ4n) is 3.25. The second-order valence-electron chi connectivity index (χ2n) is 7.31. The van der Waals surface area contributed by atoms with Crippen molar-refractivity contribution in [1.82, 2.24) is 9.88 Å². The highest BCUT2D eigenvalue weighted by Crippen LogP contribution is 2.40. The number of para-hydroxylation sites is 1. The first-order valence-corrected chi connectivity index (χ1v) is 9.41. The van der Waals surface area contributed by atoms with Crippen molar-refractivity contribution in [3.8, 4) is 0 Å². The molecule has 1 fully saturated rings. The van der Waals surface area contributed by atoms with Gasteiger partial charge in [-0.1, -0.05) is 48.5 Å². The van der Waals surface area contributed by atoms with E-state index in [-0.39, 0.29) is 5.91 Å². The van der Waals surface area contributed by atoms with E-state index in [1.165, 1.54) is 4.90 Å². The Hall–Kier alpha value is -3.21. The summed E-state index contributed by atoms with van der Waals surface area (Å²) in [7, 11) is 3.30. The van der Waals surface area contributed by atoms with Crippen LogP contribution in [0.4, 0.5) is 0 Å². The van der Waals surface area contributed by atoms with Crippen molar-refractivity contribution in [3.63, 3.8) is 0 Å². The highest BCUT2D eigenvalue weighted by atomic mass is 16.5. The van der Waals surface area contributed by atoms with E-state index in [1.54, 1.807) is 26.2 Å².